The van der Waals surface area contributed by atoms with Crippen molar-refractivity contribution in [3.8, 4) is 0 Å². The third-order valence-corrected chi connectivity index (χ3v) is 4.44. The molecule has 0 saturated carbocycles. The number of nitrogens with zero attached hydrogens (tertiary/aromatic N) is 1. The summed E-state index contributed by atoms with van der Waals surface area (Å²) >= 11 is 0. The van der Waals surface area contributed by atoms with Crippen LogP contribution in [0, 0.1) is 18.6 Å². The normalized spacial score (nSPS) is 10.3. The molecule has 0 saturated heterocycles. The maximum Gasteiger partial charge on any atom is 0.252 e. The van der Waals surface area contributed by atoms with Crippen LogP contribution in [0.4, 0.5) is 8.78 Å². The van der Waals surface area contributed by atoms with Crippen LogP contribution in [0.5, 0.6) is 0 Å². The lowest BCUT2D eigenvalue weighted by Crippen LogP contribution is -2.26. The second-order valence-corrected chi connectivity index (χ2v) is 6.39. The number of aromatic nitrogens is 1. The smallest absolute Gasteiger partial charge is 0.252 e. The summed E-state index contributed by atoms with van der Waals surface area (Å²) in [6.45, 7) is 6.28. The lowest BCUT2D eigenvalue weighted by atomic mass is 9.88. The highest BCUT2D eigenvalue weighted by atomic mass is 19.1. The number of hydrogen-bond donors (Lipinski definition) is 1. The summed E-state index contributed by atoms with van der Waals surface area (Å²) in [6.07, 6.45) is 2.14. The Kier molecular flexibility index (Phi) is 8.46. The lowest BCUT2D eigenvalue weighted by molar-refractivity contribution is 0.0952. The molecule has 0 unspecified atom stereocenters. The molecule has 3 aromatic rings. The van der Waals surface area contributed by atoms with Gasteiger partial charge in [0.1, 0.15) is 11.6 Å². The van der Waals surface area contributed by atoms with E-state index in [0.29, 0.717) is 18.5 Å². The fourth-order valence-electron chi connectivity index (χ4n) is 2.95. The van der Waals surface area contributed by atoms with Gasteiger partial charge in [-0.05, 0) is 60.9 Å². The van der Waals surface area contributed by atoms with E-state index in [0.717, 1.165) is 16.8 Å². The molecule has 1 amide bonds. The molecule has 0 radical (unpaired) electrons. The number of amides is 1. The van der Waals surface area contributed by atoms with Gasteiger partial charge in [-0.2, -0.15) is 0 Å². The van der Waals surface area contributed by atoms with Crippen LogP contribution in [0.1, 0.15) is 53.4 Å². The predicted octanol–water partition coefficient (Wildman–Crippen LogP) is 5.65. The van der Waals surface area contributed by atoms with Gasteiger partial charge in [0.05, 0.1) is 5.56 Å². The molecule has 152 valence electrons. The lowest BCUT2D eigenvalue weighted by Gasteiger charge is -2.18. The Balaban J connectivity index is 0.00000145. The van der Waals surface area contributed by atoms with Crippen molar-refractivity contribution in [3.63, 3.8) is 0 Å². The minimum absolute atomic E-state index is 0.0809. The molecule has 0 bridgehead atoms. The Bertz CT molecular complexity index is 846. The summed E-state index contributed by atoms with van der Waals surface area (Å²) < 4.78 is 26.5. The first-order chi connectivity index (χ1) is 14.0. The second kappa shape index (κ2) is 11.1. The van der Waals surface area contributed by atoms with E-state index < -0.39 is 0 Å². The van der Waals surface area contributed by atoms with E-state index in [1.165, 1.54) is 24.3 Å². The first-order valence-corrected chi connectivity index (χ1v) is 9.75. The Morgan fingerprint density at radius 3 is 1.86 bits per heavy atom. The van der Waals surface area contributed by atoms with Gasteiger partial charge in [-0.25, -0.2) is 8.78 Å². The van der Waals surface area contributed by atoms with Crippen molar-refractivity contribution in [1.82, 2.24) is 10.3 Å². The number of halogens is 2. The molecule has 2 aromatic carbocycles. The zero-order chi connectivity index (χ0) is 21.2. The van der Waals surface area contributed by atoms with E-state index in [-0.39, 0.29) is 23.5 Å². The standard InChI is InChI=1S/C22H20F2N2O.C2H6/c1-15-2-3-18(14-26-15)22(27)25-13-12-21(16-4-8-19(23)9-5-16)17-6-10-20(24)11-7-17;1-2/h2-11,14,21H,12-13H2,1H3,(H,25,27);1-2H3. The van der Waals surface area contributed by atoms with Crippen LogP contribution < -0.4 is 5.32 Å². The minimum atomic E-state index is -0.309. The number of pyridine rings is 1. The van der Waals surface area contributed by atoms with Crippen molar-refractivity contribution in [2.45, 2.75) is 33.1 Å². The summed E-state index contributed by atoms with van der Waals surface area (Å²) in [6, 6.07) is 16.0. The molecule has 29 heavy (non-hydrogen) atoms. The maximum absolute atomic E-state index is 13.3. The van der Waals surface area contributed by atoms with Gasteiger partial charge in [0, 0.05) is 24.4 Å². The molecule has 1 N–H and O–H groups in total. The number of hydrogen-bond acceptors (Lipinski definition) is 2. The summed E-state index contributed by atoms with van der Waals surface area (Å²) in [5.74, 6) is -0.893. The second-order valence-electron chi connectivity index (χ2n) is 6.39. The number of benzene rings is 2. The average molecular weight is 396 g/mol. The molecular formula is C24H26F2N2O. The third-order valence-electron chi connectivity index (χ3n) is 4.44. The van der Waals surface area contributed by atoms with Gasteiger partial charge in [-0.15, -0.1) is 0 Å². The molecule has 0 spiro atoms. The van der Waals surface area contributed by atoms with E-state index in [4.69, 9.17) is 0 Å². The highest BCUT2D eigenvalue weighted by Crippen LogP contribution is 2.28. The summed E-state index contributed by atoms with van der Waals surface area (Å²) in [5, 5.41) is 2.88. The summed E-state index contributed by atoms with van der Waals surface area (Å²) in [5.41, 5.74) is 3.17. The van der Waals surface area contributed by atoms with Crippen molar-refractivity contribution in [3.05, 3.63) is 101 Å². The van der Waals surface area contributed by atoms with Crippen LogP contribution in [0.15, 0.2) is 66.9 Å². The van der Waals surface area contributed by atoms with E-state index in [2.05, 4.69) is 10.3 Å². The van der Waals surface area contributed by atoms with Crippen molar-refractivity contribution >= 4 is 5.91 Å². The largest absolute Gasteiger partial charge is 0.352 e. The zero-order valence-corrected chi connectivity index (χ0v) is 17.0. The van der Waals surface area contributed by atoms with Gasteiger partial charge in [-0.3, -0.25) is 9.78 Å². The Labute approximate surface area is 170 Å². The monoisotopic (exact) mass is 396 g/mol. The predicted molar refractivity (Wildman–Crippen MR) is 112 cm³/mol. The van der Waals surface area contributed by atoms with Crippen LogP contribution in [0.25, 0.3) is 0 Å². The van der Waals surface area contributed by atoms with E-state index in [1.807, 2.05) is 20.8 Å². The number of nitrogens with one attached hydrogen (secondary N) is 1. The molecule has 0 aliphatic heterocycles. The Morgan fingerprint density at radius 2 is 1.41 bits per heavy atom. The van der Waals surface area contributed by atoms with Crippen molar-refractivity contribution in [1.29, 1.82) is 0 Å². The van der Waals surface area contributed by atoms with Gasteiger partial charge in [0.15, 0.2) is 0 Å². The molecule has 1 aromatic heterocycles. The number of carbonyl (C=O) groups is 1. The van der Waals surface area contributed by atoms with Crippen molar-refractivity contribution < 1.29 is 13.6 Å². The quantitative estimate of drug-likeness (QED) is 0.585. The Morgan fingerprint density at radius 1 is 0.897 bits per heavy atom. The van der Waals surface area contributed by atoms with E-state index in [9.17, 15) is 13.6 Å². The number of aryl methyl sites for hydroxylation is 1. The molecule has 3 rings (SSSR count). The minimum Gasteiger partial charge on any atom is -0.352 e. The molecule has 3 nitrogen and oxygen atoms in total. The third kappa shape index (κ3) is 6.49. The average Bonchev–Trinajstić information content (AvgIpc) is 2.75. The van der Waals surface area contributed by atoms with Gasteiger partial charge >= 0.3 is 0 Å². The van der Waals surface area contributed by atoms with E-state index in [1.54, 1.807) is 42.6 Å². The van der Waals surface area contributed by atoms with Crippen LogP contribution in [0.2, 0.25) is 0 Å². The SMILES string of the molecule is CC.Cc1ccc(C(=O)NCCC(c2ccc(F)cc2)c2ccc(F)cc2)cn1. The Hall–Kier alpha value is -3.08. The van der Waals surface area contributed by atoms with Gasteiger partial charge in [-0.1, -0.05) is 38.1 Å². The van der Waals surface area contributed by atoms with E-state index >= 15 is 0 Å². The number of carbonyl (C=O) groups excluding carboxylic acids is 1. The first kappa shape index (κ1) is 22.2. The molecular weight excluding hydrogens is 370 g/mol. The fraction of sp³-hybridized carbons (Fsp3) is 0.250. The molecule has 1 heterocycles. The fourth-order valence-corrected chi connectivity index (χ4v) is 2.95. The van der Waals surface area contributed by atoms with Crippen LogP contribution in [-0.2, 0) is 0 Å². The molecule has 0 fully saturated rings. The summed E-state index contributed by atoms with van der Waals surface area (Å²) in [4.78, 5) is 16.4. The summed E-state index contributed by atoms with van der Waals surface area (Å²) in [7, 11) is 0. The first-order valence-electron chi connectivity index (χ1n) is 9.75. The van der Waals surface area contributed by atoms with Crippen molar-refractivity contribution in [2.75, 3.05) is 6.54 Å². The molecule has 0 aliphatic carbocycles. The van der Waals surface area contributed by atoms with Gasteiger partial charge in [0.25, 0.3) is 5.91 Å². The van der Waals surface area contributed by atoms with Crippen LogP contribution in [-0.4, -0.2) is 17.4 Å². The highest BCUT2D eigenvalue weighted by molar-refractivity contribution is 5.93. The highest BCUT2D eigenvalue weighted by Gasteiger charge is 2.15. The van der Waals surface area contributed by atoms with Crippen LogP contribution >= 0.6 is 0 Å². The van der Waals surface area contributed by atoms with Gasteiger partial charge < -0.3 is 5.32 Å². The molecule has 0 atom stereocenters. The van der Waals surface area contributed by atoms with Gasteiger partial charge in [0.2, 0.25) is 0 Å². The number of rotatable bonds is 6. The van der Waals surface area contributed by atoms with Crippen LogP contribution in [0.3, 0.4) is 0 Å². The molecule has 5 heteroatoms. The molecule has 0 aliphatic rings. The zero-order valence-electron chi connectivity index (χ0n) is 17.0. The maximum atomic E-state index is 13.3. The topological polar surface area (TPSA) is 42.0 Å². The van der Waals surface area contributed by atoms with Crippen molar-refractivity contribution in [2.24, 2.45) is 0 Å².